The van der Waals surface area contributed by atoms with Crippen LogP contribution in [0.4, 0.5) is 5.69 Å². The maximum absolute atomic E-state index is 4.34. The van der Waals surface area contributed by atoms with Gasteiger partial charge in [0.2, 0.25) is 0 Å². The predicted octanol–water partition coefficient (Wildman–Crippen LogP) is 4.25. The summed E-state index contributed by atoms with van der Waals surface area (Å²) in [6.45, 7) is 2.19. The molecule has 3 rings (SSSR count). The van der Waals surface area contributed by atoms with Crippen LogP contribution in [0, 0.1) is 0 Å². The van der Waals surface area contributed by atoms with Crippen LogP contribution in [-0.4, -0.2) is 9.97 Å². The fourth-order valence-corrected chi connectivity index (χ4v) is 2.98. The van der Waals surface area contributed by atoms with Crippen molar-refractivity contribution in [3.05, 3.63) is 53.0 Å². The van der Waals surface area contributed by atoms with E-state index in [0.29, 0.717) is 6.04 Å². The van der Waals surface area contributed by atoms with Crippen LogP contribution in [0.1, 0.15) is 24.3 Å². The molecule has 3 aromatic rings. The number of thiophene rings is 1. The van der Waals surface area contributed by atoms with E-state index in [2.05, 4.69) is 51.9 Å². The molecule has 4 heteroatoms. The lowest BCUT2D eigenvalue weighted by Crippen LogP contribution is -2.07. The van der Waals surface area contributed by atoms with Gasteiger partial charge < -0.3 is 5.32 Å². The summed E-state index contributed by atoms with van der Waals surface area (Å²) in [6.07, 6.45) is 4.50. The van der Waals surface area contributed by atoms with Gasteiger partial charge in [0.25, 0.3) is 0 Å². The highest BCUT2D eigenvalue weighted by Crippen LogP contribution is 2.27. The minimum Gasteiger partial charge on any atom is -0.377 e. The van der Waals surface area contributed by atoms with Gasteiger partial charge in [0, 0.05) is 23.0 Å². The van der Waals surface area contributed by atoms with Crippen molar-refractivity contribution in [2.24, 2.45) is 0 Å². The van der Waals surface area contributed by atoms with Crippen molar-refractivity contribution in [1.29, 1.82) is 0 Å². The number of hydrogen-bond acceptors (Lipinski definition) is 4. The summed E-state index contributed by atoms with van der Waals surface area (Å²) < 4.78 is 0. The summed E-state index contributed by atoms with van der Waals surface area (Å²) in [5.41, 5.74) is 2.94. The highest BCUT2D eigenvalue weighted by molar-refractivity contribution is 7.10. The Kier molecular flexibility index (Phi) is 3.42. The van der Waals surface area contributed by atoms with Crippen LogP contribution in [0.2, 0.25) is 0 Å². The zero-order valence-electron chi connectivity index (χ0n) is 10.7. The van der Waals surface area contributed by atoms with Gasteiger partial charge >= 0.3 is 0 Å². The molecule has 1 N–H and O–H groups in total. The molecule has 0 saturated heterocycles. The molecule has 0 bridgehead atoms. The largest absolute Gasteiger partial charge is 0.377 e. The second kappa shape index (κ2) is 5.36. The van der Waals surface area contributed by atoms with Crippen LogP contribution in [-0.2, 0) is 0 Å². The highest BCUT2D eigenvalue weighted by atomic mass is 32.1. The molecular weight excluding hydrogens is 254 g/mol. The topological polar surface area (TPSA) is 37.8 Å². The first-order valence-electron chi connectivity index (χ1n) is 6.37. The molecule has 0 fully saturated rings. The lowest BCUT2D eigenvalue weighted by atomic mass is 10.1. The van der Waals surface area contributed by atoms with Crippen LogP contribution >= 0.6 is 11.3 Å². The van der Waals surface area contributed by atoms with E-state index in [-0.39, 0.29) is 0 Å². The first-order valence-corrected chi connectivity index (χ1v) is 7.25. The molecule has 0 aliphatic carbocycles. The van der Waals surface area contributed by atoms with Gasteiger partial charge in [-0.15, -0.1) is 11.3 Å². The Balaban J connectivity index is 1.88. The Labute approximate surface area is 116 Å². The van der Waals surface area contributed by atoms with Crippen molar-refractivity contribution in [3.8, 4) is 0 Å². The van der Waals surface area contributed by atoms with Gasteiger partial charge in [-0.2, -0.15) is 0 Å². The molecule has 0 radical (unpaired) electrons. The molecule has 0 amide bonds. The van der Waals surface area contributed by atoms with Crippen molar-refractivity contribution in [2.45, 2.75) is 19.4 Å². The standard InChI is InChI=1S/C15H15N3S/c1-2-12(15-4-3-9-19-15)18-11-5-6-13-14(10-11)17-8-7-16-13/h3-10,12,18H,2H2,1H3. The smallest absolute Gasteiger partial charge is 0.0907 e. The van der Waals surface area contributed by atoms with Gasteiger partial charge in [-0.25, -0.2) is 0 Å². The molecule has 3 nitrogen and oxygen atoms in total. The Morgan fingerprint density at radius 2 is 2.00 bits per heavy atom. The summed E-state index contributed by atoms with van der Waals surface area (Å²) >= 11 is 1.79. The quantitative estimate of drug-likeness (QED) is 0.769. The maximum Gasteiger partial charge on any atom is 0.0907 e. The van der Waals surface area contributed by atoms with Gasteiger partial charge in [0.1, 0.15) is 0 Å². The molecule has 0 aliphatic heterocycles. The minimum absolute atomic E-state index is 0.356. The fourth-order valence-electron chi connectivity index (χ4n) is 2.12. The van der Waals surface area contributed by atoms with Crippen LogP contribution in [0.3, 0.4) is 0 Å². The van der Waals surface area contributed by atoms with Gasteiger partial charge in [0.05, 0.1) is 17.1 Å². The molecule has 1 unspecified atom stereocenters. The van der Waals surface area contributed by atoms with E-state index in [1.165, 1.54) is 4.88 Å². The van der Waals surface area contributed by atoms with E-state index in [0.717, 1.165) is 23.1 Å². The zero-order chi connectivity index (χ0) is 13.1. The molecule has 1 atom stereocenters. The monoisotopic (exact) mass is 269 g/mol. The van der Waals surface area contributed by atoms with Crippen molar-refractivity contribution < 1.29 is 0 Å². The third kappa shape index (κ3) is 2.58. The van der Waals surface area contributed by atoms with Crippen molar-refractivity contribution in [1.82, 2.24) is 9.97 Å². The number of nitrogens with zero attached hydrogens (tertiary/aromatic N) is 2. The van der Waals surface area contributed by atoms with Gasteiger partial charge in [0.15, 0.2) is 0 Å². The Bertz CT molecular complexity index is 664. The van der Waals surface area contributed by atoms with Crippen molar-refractivity contribution in [3.63, 3.8) is 0 Å². The summed E-state index contributed by atoms with van der Waals surface area (Å²) in [4.78, 5) is 9.98. The van der Waals surface area contributed by atoms with Crippen LogP contribution in [0.15, 0.2) is 48.1 Å². The number of hydrogen-bond donors (Lipinski definition) is 1. The summed E-state index contributed by atoms with van der Waals surface area (Å²) in [7, 11) is 0. The van der Waals surface area contributed by atoms with Crippen LogP contribution in [0.5, 0.6) is 0 Å². The van der Waals surface area contributed by atoms with Crippen LogP contribution < -0.4 is 5.32 Å². The lowest BCUT2D eigenvalue weighted by molar-refractivity contribution is 0.764. The first kappa shape index (κ1) is 12.1. The molecular formula is C15H15N3S. The fraction of sp³-hybridized carbons (Fsp3) is 0.200. The van der Waals surface area contributed by atoms with E-state index in [1.807, 2.05) is 6.07 Å². The number of aromatic nitrogens is 2. The average Bonchev–Trinajstić information content (AvgIpc) is 2.98. The number of benzene rings is 1. The summed E-state index contributed by atoms with van der Waals surface area (Å²) in [5, 5.41) is 5.68. The van der Waals surface area contributed by atoms with Gasteiger partial charge in [-0.1, -0.05) is 13.0 Å². The van der Waals surface area contributed by atoms with E-state index in [4.69, 9.17) is 0 Å². The molecule has 96 valence electrons. The minimum atomic E-state index is 0.356. The average molecular weight is 269 g/mol. The van der Waals surface area contributed by atoms with Crippen molar-refractivity contribution >= 4 is 28.1 Å². The van der Waals surface area contributed by atoms with Crippen LogP contribution in [0.25, 0.3) is 11.0 Å². The maximum atomic E-state index is 4.34. The summed E-state index contributed by atoms with van der Waals surface area (Å²) in [5.74, 6) is 0. The second-order valence-electron chi connectivity index (χ2n) is 4.38. The van der Waals surface area contributed by atoms with E-state index in [1.54, 1.807) is 23.7 Å². The molecule has 0 spiro atoms. The third-order valence-electron chi connectivity index (χ3n) is 3.11. The first-order chi connectivity index (χ1) is 9.36. The third-order valence-corrected chi connectivity index (χ3v) is 4.09. The Morgan fingerprint density at radius 3 is 2.74 bits per heavy atom. The number of rotatable bonds is 4. The van der Waals surface area contributed by atoms with E-state index >= 15 is 0 Å². The molecule has 2 aromatic heterocycles. The molecule has 0 aliphatic rings. The molecule has 1 aromatic carbocycles. The highest BCUT2D eigenvalue weighted by Gasteiger charge is 2.10. The normalized spacial score (nSPS) is 12.5. The zero-order valence-corrected chi connectivity index (χ0v) is 11.5. The molecule has 0 saturated carbocycles. The second-order valence-corrected chi connectivity index (χ2v) is 5.36. The summed E-state index contributed by atoms with van der Waals surface area (Å²) in [6, 6.07) is 10.7. The van der Waals surface area contributed by atoms with Gasteiger partial charge in [-0.05, 0) is 36.1 Å². The molecule has 19 heavy (non-hydrogen) atoms. The Hall–Kier alpha value is -1.94. The number of anilines is 1. The van der Waals surface area contributed by atoms with Gasteiger partial charge in [-0.3, -0.25) is 9.97 Å². The SMILES string of the molecule is CCC(Nc1ccc2nccnc2c1)c1cccs1. The number of nitrogens with one attached hydrogen (secondary N) is 1. The van der Waals surface area contributed by atoms with Crippen molar-refractivity contribution in [2.75, 3.05) is 5.32 Å². The van der Waals surface area contributed by atoms with E-state index in [9.17, 15) is 0 Å². The predicted molar refractivity (Wildman–Crippen MR) is 80.5 cm³/mol. The lowest BCUT2D eigenvalue weighted by Gasteiger charge is -2.17. The number of fused-ring (bicyclic) bond motifs is 1. The molecule has 2 heterocycles. The van der Waals surface area contributed by atoms with E-state index < -0.39 is 0 Å². The Morgan fingerprint density at radius 1 is 1.16 bits per heavy atom.